The lowest BCUT2D eigenvalue weighted by molar-refractivity contribution is -0.174. The molecule has 18 heavy (non-hydrogen) atoms. The van der Waals surface area contributed by atoms with E-state index in [4.69, 9.17) is 5.73 Å². The van der Waals surface area contributed by atoms with Gasteiger partial charge in [0.15, 0.2) is 0 Å². The second-order valence-corrected chi connectivity index (χ2v) is 5.66. The molecule has 0 aromatic rings. The van der Waals surface area contributed by atoms with Crippen LogP contribution in [0.15, 0.2) is 0 Å². The fourth-order valence-electron chi connectivity index (χ4n) is 2.67. The third kappa shape index (κ3) is 5.57. The van der Waals surface area contributed by atoms with Crippen LogP contribution in [0.1, 0.15) is 45.4 Å². The molecule has 108 valence electrons. The highest BCUT2D eigenvalue weighted by Crippen LogP contribution is 2.41. The highest BCUT2D eigenvalue weighted by molar-refractivity contribution is 4.85. The Bertz CT molecular complexity index is 235. The van der Waals surface area contributed by atoms with Crippen molar-refractivity contribution in [1.29, 1.82) is 0 Å². The van der Waals surface area contributed by atoms with Gasteiger partial charge in [-0.15, -0.1) is 0 Å². The van der Waals surface area contributed by atoms with E-state index in [0.29, 0.717) is 13.0 Å². The third-order valence-electron chi connectivity index (χ3n) is 4.03. The van der Waals surface area contributed by atoms with E-state index >= 15 is 0 Å². The topological polar surface area (TPSA) is 35.2 Å². The number of halogens is 3. The van der Waals surface area contributed by atoms with Crippen LogP contribution in [-0.2, 0) is 4.74 Å². The molecular weight excluding hydrogens is 243 g/mol. The average molecular weight is 267 g/mol. The van der Waals surface area contributed by atoms with Crippen molar-refractivity contribution in [1.82, 2.24) is 0 Å². The van der Waals surface area contributed by atoms with E-state index in [1.807, 2.05) is 0 Å². The number of ether oxygens (including phenoxy) is 1. The Balaban J connectivity index is 2.20. The molecule has 1 aliphatic carbocycles. The molecule has 1 fully saturated rings. The van der Waals surface area contributed by atoms with Crippen LogP contribution in [0.5, 0.6) is 0 Å². The zero-order valence-corrected chi connectivity index (χ0v) is 11.1. The summed E-state index contributed by atoms with van der Waals surface area (Å²) in [5.41, 5.74) is 5.99. The predicted molar refractivity (Wildman–Crippen MR) is 65.2 cm³/mol. The van der Waals surface area contributed by atoms with Gasteiger partial charge < -0.3 is 10.5 Å². The van der Waals surface area contributed by atoms with Gasteiger partial charge in [0.1, 0.15) is 6.61 Å². The van der Waals surface area contributed by atoms with Crippen molar-refractivity contribution in [2.24, 2.45) is 17.1 Å². The summed E-state index contributed by atoms with van der Waals surface area (Å²) in [6.07, 6.45) is 1.90. The molecule has 0 aromatic carbocycles. The Morgan fingerprint density at radius 1 is 1.28 bits per heavy atom. The summed E-state index contributed by atoms with van der Waals surface area (Å²) >= 11 is 0. The van der Waals surface area contributed by atoms with Gasteiger partial charge in [0.2, 0.25) is 0 Å². The Kier molecular flexibility index (Phi) is 5.92. The number of hydrogen-bond donors (Lipinski definition) is 1. The van der Waals surface area contributed by atoms with Crippen LogP contribution in [0.3, 0.4) is 0 Å². The van der Waals surface area contributed by atoms with Crippen molar-refractivity contribution < 1.29 is 17.9 Å². The second-order valence-electron chi connectivity index (χ2n) is 5.66. The van der Waals surface area contributed by atoms with Gasteiger partial charge >= 0.3 is 6.18 Å². The smallest absolute Gasteiger partial charge is 0.372 e. The first-order valence-corrected chi connectivity index (χ1v) is 6.71. The molecule has 5 heteroatoms. The highest BCUT2D eigenvalue weighted by atomic mass is 19.4. The van der Waals surface area contributed by atoms with Crippen molar-refractivity contribution in [2.75, 3.05) is 19.8 Å². The molecule has 0 spiro atoms. The zero-order valence-electron chi connectivity index (χ0n) is 11.1. The van der Waals surface area contributed by atoms with Crippen molar-refractivity contribution >= 4 is 0 Å². The van der Waals surface area contributed by atoms with E-state index in [-0.39, 0.29) is 12.0 Å². The molecule has 0 radical (unpaired) electrons. The Morgan fingerprint density at radius 2 is 1.89 bits per heavy atom. The molecule has 0 aromatic heterocycles. The largest absolute Gasteiger partial charge is 0.411 e. The predicted octanol–water partition coefficient (Wildman–Crippen LogP) is 3.50. The van der Waals surface area contributed by atoms with Gasteiger partial charge in [0.05, 0.1) is 0 Å². The first-order chi connectivity index (χ1) is 8.37. The SMILES string of the molecule is CC1CCC(CN)(CCCOCC(F)(F)F)CC1. The van der Waals surface area contributed by atoms with E-state index in [9.17, 15) is 13.2 Å². The molecule has 1 saturated carbocycles. The second kappa shape index (κ2) is 6.75. The number of nitrogens with two attached hydrogens (primary N) is 1. The van der Waals surface area contributed by atoms with Gasteiger partial charge in [-0.3, -0.25) is 0 Å². The Hall–Kier alpha value is -0.290. The first kappa shape index (κ1) is 15.8. The molecule has 0 bridgehead atoms. The minimum Gasteiger partial charge on any atom is -0.372 e. The average Bonchev–Trinajstić information content (AvgIpc) is 2.30. The van der Waals surface area contributed by atoms with E-state index in [1.54, 1.807) is 0 Å². The quantitative estimate of drug-likeness (QED) is 0.747. The molecule has 1 rings (SSSR count). The molecule has 0 saturated heterocycles. The van der Waals surface area contributed by atoms with Crippen molar-refractivity contribution in [3.63, 3.8) is 0 Å². The summed E-state index contributed by atoms with van der Waals surface area (Å²) in [6.45, 7) is 1.92. The van der Waals surface area contributed by atoms with Crippen LogP contribution in [0.2, 0.25) is 0 Å². The minimum atomic E-state index is -4.22. The molecule has 0 aliphatic heterocycles. The first-order valence-electron chi connectivity index (χ1n) is 6.71. The number of alkyl halides is 3. The molecule has 0 heterocycles. The molecule has 2 nitrogen and oxygen atoms in total. The molecule has 2 N–H and O–H groups in total. The molecule has 1 aliphatic rings. The maximum atomic E-state index is 11.9. The summed E-state index contributed by atoms with van der Waals surface area (Å²) in [5.74, 6) is 0.756. The van der Waals surface area contributed by atoms with E-state index < -0.39 is 12.8 Å². The van der Waals surface area contributed by atoms with Gasteiger partial charge in [-0.2, -0.15) is 13.2 Å². The van der Waals surface area contributed by atoms with Crippen molar-refractivity contribution in [3.05, 3.63) is 0 Å². The number of rotatable bonds is 6. The zero-order chi connectivity index (χ0) is 13.6. The van der Waals surface area contributed by atoms with Crippen LogP contribution >= 0.6 is 0 Å². The van der Waals surface area contributed by atoms with Crippen molar-refractivity contribution in [2.45, 2.75) is 51.6 Å². The standard InChI is InChI=1S/C13H24F3NO/c1-11-3-6-12(9-17,7-4-11)5-2-8-18-10-13(14,15)16/h11H,2-10,17H2,1H3. The lowest BCUT2D eigenvalue weighted by Gasteiger charge is -2.38. The Morgan fingerprint density at radius 3 is 2.39 bits per heavy atom. The molecule has 0 atom stereocenters. The van der Waals surface area contributed by atoms with E-state index in [1.165, 1.54) is 12.8 Å². The lowest BCUT2D eigenvalue weighted by atomic mass is 9.68. The maximum absolute atomic E-state index is 11.9. The van der Waals surface area contributed by atoms with E-state index in [0.717, 1.165) is 25.2 Å². The van der Waals surface area contributed by atoms with E-state index in [2.05, 4.69) is 11.7 Å². The van der Waals surface area contributed by atoms with Gasteiger partial charge in [-0.25, -0.2) is 0 Å². The molecular formula is C13H24F3NO. The lowest BCUT2D eigenvalue weighted by Crippen LogP contribution is -2.34. The summed E-state index contributed by atoms with van der Waals surface area (Å²) in [7, 11) is 0. The van der Waals surface area contributed by atoms with Gasteiger partial charge in [-0.05, 0) is 43.6 Å². The normalized spacial score (nSPS) is 29.5. The monoisotopic (exact) mass is 267 g/mol. The third-order valence-corrected chi connectivity index (χ3v) is 4.03. The molecule has 0 amide bonds. The summed E-state index contributed by atoms with van der Waals surface area (Å²) in [6, 6.07) is 0. The fourth-order valence-corrected chi connectivity index (χ4v) is 2.67. The van der Waals surface area contributed by atoms with Crippen LogP contribution in [-0.4, -0.2) is 25.9 Å². The summed E-state index contributed by atoms with van der Waals surface area (Å²) in [5, 5.41) is 0. The van der Waals surface area contributed by atoms with Gasteiger partial charge in [0, 0.05) is 6.61 Å². The van der Waals surface area contributed by atoms with Gasteiger partial charge in [0.25, 0.3) is 0 Å². The summed E-state index contributed by atoms with van der Waals surface area (Å²) in [4.78, 5) is 0. The highest BCUT2D eigenvalue weighted by Gasteiger charge is 2.32. The Labute approximate surface area is 107 Å². The van der Waals surface area contributed by atoms with Crippen LogP contribution in [0, 0.1) is 11.3 Å². The van der Waals surface area contributed by atoms with Crippen LogP contribution in [0.25, 0.3) is 0 Å². The number of hydrogen-bond acceptors (Lipinski definition) is 2. The van der Waals surface area contributed by atoms with Crippen molar-refractivity contribution in [3.8, 4) is 0 Å². The molecule has 0 unspecified atom stereocenters. The summed E-state index contributed by atoms with van der Waals surface area (Å²) < 4.78 is 40.3. The maximum Gasteiger partial charge on any atom is 0.411 e. The van der Waals surface area contributed by atoms with Crippen LogP contribution < -0.4 is 5.73 Å². The minimum absolute atomic E-state index is 0.147. The van der Waals surface area contributed by atoms with Gasteiger partial charge in [-0.1, -0.05) is 19.8 Å². The fraction of sp³-hybridized carbons (Fsp3) is 1.00. The van der Waals surface area contributed by atoms with Crippen LogP contribution in [0.4, 0.5) is 13.2 Å².